The molecule has 10 nitrogen and oxygen atoms in total. The smallest absolute Gasteiger partial charge is 0.287 e. The number of aromatic nitrogens is 5. The van der Waals surface area contributed by atoms with Gasteiger partial charge >= 0.3 is 0 Å². The number of carbonyl (C=O) groups is 1. The average Bonchev–Trinajstić information content (AvgIpc) is 3.45. The SMILES string of the molecule is Cn1nc(Nc2cc(-c3ccc(F)c(NC(=O)c4cc5ccccc5s4)n3)n[nH]c2=O)cc1C(C)(C)O. The van der Waals surface area contributed by atoms with E-state index in [1.54, 1.807) is 33.0 Å². The zero-order valence-electron chi connectivity index (χ0n) is 20.0. The van der Waals surface area contributed by atoms with Crippen LogP contribution in [0.15, 0.2) is 59.4 Å². The number of aliphatic hydroxyl groups is 1. The number of rotatable bonds is 6. The Hall–Kier alpha value is -4.42. The first-order valence-corrected chi connectivity index (χ1v) is 12.0. The first-order chi connectivity index (χ1) is 17.6. The van der Waals surface area contributed by atoms with E-state index in [1.165, 1.54) is 28.2 Å². The lowest BCUT2D eigenvalue weighted by atomic mass is 10.1. The maximum absolute atomic E-state index is 14.5. The van der Waals surface area contributed by atoms with Crippen molar-refractivity contribution in [3.8, 4) is 11.4 Å². The lowest BCUT2D eigenvalue weighted by Crippen LogP contribution is -2.19. The van der Waals surface area contributed by atoms with Crippen LogP contribution in [0.5, 0.6) is 0 Å². The third-order valence-electron chi connectivity index (χ3n) is 5.56. The van der Waals surface area contributed by atoms with Crippen molar-refractivity contribution in [2.45, 2.75) is 19.4 Å². The predicted octanol–water partition coefficient (Wildman–Crippen LogP) is 4.14. The molecule has 0 atom stereocenters. The number of thiophene rings is 1. The van der Waals surface area contributed by atoms with Crippen LogP contribution in [0.3, 0.4) is 0 Å². The number of aryl methyl sites for hydroxylation is 1. The van der Waals surface area contributed by atoms with Crippen molar-refractivity contribution < 1.29 is 14.3 Å². The molecule has 4 N–H and O–H groups in total. The van der Waals surface area contributed by atoms with E-state index in [-0.39, 0.29) is 22.9 Å². The normalized spacial score (nSPS) is 11.6. The second kappa shape index (κ2) is 9.22. The van der Waals surface area contributed by atoms with Gasteiger partial charge in [-0.1, -0.05) is 18.2 Å². The van der Waals surface area contributed by atoms with E-state index in [4.69, 9.17) is 0 Å². The molecular weight excluding hydrogens is 497 g/mol. The largest absolute Gasteiger partial charge is 0.384 e. The van der Waals surface area contributed by atoms with Crippen molar-refractivity contribution in [3.05, 3.63) is 81.3 Å². The maximum atomic E-state index is 14.5. The molecular formula is C25H22FN7O3S. The monoisotopic (exact) mass is 519 g/mol. The minimum Gasteiger partial charge on any atom is -0.384 e. The van der Waals surface area contributed by atoms with Gasteiger partial charge in [0.25, 0.3) is 11.5 Å². The Morgan fingerprint density at radius 1 is 1.14 bits per heavy atom. The molecule has 5 aromatic rings. The highest BCUT2D eigenvalue weighted by molar-refractivity contribution is 7.20. The molecule has 1 amide bonds. The summed E-state index contributed by atoms with van der Waals surface area (Å²) in [6.07, 6.45) is 0. The van der Waals surface area contributed by atoms with Gasteiger partial charge in [0.05, 0.1) is 16.3 Å². The number of fused-ring (bicyclic) bond motifs is 1. The summed E-state index contributed by atoms with van der Waals surface area (Å²) in [6, 6.07) is 14.9. The molecule has 0 fully saturated rings. The zero-order valence-corrected chi connectivity index (χ0v) is 20.9. The number of H-pyrrole nitrogens is 1. The van der Waals surface area contributed by atoms with Crippen molar-refractivity contribution in [2.75, 3.05) is 10.6 Å². The van der Waals surface area contributed by atoms with Gasteiger partial charge in [-0.25, -0.2) is 14.5 Å². The predicted molar refractivity (Wildman–Crippen MR) is 140 cm³/mol. The van der Waals surface area contributed by atoms with Crippen LogP contribution >= 0.6 is 11.3 Å². The number of nitrogens with zero attached hydrogens (tertiary/aromatic N) is 4. The fourth-order valence-corrected chi connectivity index (χ4v) is 4.76. The van der Waals surface area contributed by atoms with Crippen molar-refractivity contribution in [1.29, 1.82) is 0 Å². The Balaban J connectivity index is 1.41. The molecule has 0 spiro atoms. The van der Waals surface area contributed by atoms with Crippen LogP contribution in [0, 0.1) is 5.82 Å². The minimum absolute atomic E-state index is 0.118. The molecule has 0 aliphatic rings. The molecule has 0 radical (unpaired) electrons. The van der Waals surface area contributed by atoms with Crippen molar-refractivity contribution in [2.24, 2.45) is 7.05 Å². The fourth-order valence-electron chi connectivity index (χ4n) is 3.80. The summed E-state index contributed by atoms with van der Waals surface area (Å²) in [7, 11) is 1.68. The number of halogens is 1. The van der Waals surface area contributed by atoms with Crippen molar-refractivity contribution in [3.63, 3.8) is 0 Å². The molecule has 0 bridgehead atoms. The Morgan fingerprint density at radius 3 is 2.65 bits per heavy atom. The number of nitrogens with one attached hydrogen (secondary N) is 3. The standard InChI is InChI=1S/C25H22FN7O3S/c1-25(2,36)20-12-21(32-33(20)3)27-17-11-16(30-31-23(17)34)15-9-8-14(26)22(28-15)29-24(35)19-10-13-6-4-5-7-18(13)37-19/h4-12,36H,1-3H3,(H,31,34)(H,27,30,32)(H,28,29,35). The van der Waals surface area contributed by atoms with Crippen molar-refractivity contribution in [1.82, 2.24) is 25.0 Å². The van der Waals surface area contributed by atoms with Crippen LogP contribution in [-0.2, 0) is 12.6 Å². The van der Waals surface area contributed by atoms with Gasteiger partial charge in [-0.3, -0.25) is 14.3 Å². The summed E-state index contributed by atoms with van der Waals surface area (Å²) in [5, 5.41) is 27.3. The highest BCUT2D eigenvalue weighted by atomic mass is 32.1. The lowest BCUT2D eigenvalue weighted by Gasteiger charge is -2.16. The Morgan fingerprint density at radius 2 is 1.92 bits per heavy atom. The molecule has 4 aromatic heterocycles. The third-order valence-corrected chi connectivity index (χ3v) is 6.68. The summed E-state index contributed by atoms with van der Waals surface area (Å²) in [5.41, 5.74) is -0.526. The number of hydrogen-bond acceptors (Lipinski definition) is 8. The number of benzene rings is 1. The lowest BCUT2D eigenvalue weighted by molar-refractivity contribution is 0.0695. The molecule has 5 rings (SSSR count). The first kappa shape index (κ1) is 24.3. The van der Waals surface area contributed by atoms with Gasteiger partial charge in [0.2, 0.25) is 0 Å². The molecule has 12 heteroatoms. The molecule has 1 aromatic carbocycles. The van der Waals surface area contributed by atoms with Gasteiger partial charge in [-0.15, -0.1) is 11.3 Å². The Bertz CT molecular complexity index is 1670. The summed E-state index contributed by atoms with van der Waals surface area (Å²) >= 11 is 1.29. The Kier molecular flexibility index (Phi) is 6.05. The van der Waals surface area contributed by atoms with Crippen molar-refractivity contribution >= 4 is 44.7 Å². The van der Waals surface area contributed by atoms with Gasteiger partial charge in [-0.2, -0.15) is 10.2 Å². The third kappa shape index (κ3) is 4.97. The number of anilines is 3. The number of amides is 1. The van der Waals surface area contributed by atoms with Gasteiger partial charge < -0.3 is 15.7 Å². The highest BCUT2D eigenvalue weighted by Crippen LogP contribution is 2.27. The van der Waals surface area contributed by atoms with Crippen LogP contribution in [0.25, 0.3) is 21.5 Å². The number of hydrogen-bond donors (Lipinski definition) is 4. The molecule has 0 aliphatic heterocycles. The van der Waals surface area contributed by atoms with Crippen LogP contribution in [-0.4, -0.2) is 36.0 Å². The maximum Gasteiger partial charge on any atom is 0.287 e. The summed E-state index contributed by atoms with van der Waals surface area (Å²) in [6.45, 7) is 3.25. The van der Waals surface area contributed by atoms with Gasteiger partial charge in [0, 0.05) is 17.8 Å². The average molecular weight is 520 g/mol. The molecule has 4 heterocycles. The number of pyridine rings is 1. The second-order valence-electron chi connectivity index (χ2n) is 8.85. The fraction of sp³-hybridized carbons (Fsp3) is 0.160. The summed E-state index contributed by atoms with van der Waals surface area (Å²) in [5.74, 6) is -1.12. The van der Waals surface area contributed by atoms with Crippen LogP contribution < -0.4 is 16.2 Å². The van der Waals surface area contributed by atoms with E-state index in [1.807, 2.05) is 24.3 Å². The second-order valence-corrected chi connectivity index (χ2v) is 9.93. The van der Waals surface area contributed by atoms with Gasteiger partial charge in [0.15, 0.2) is 17.5 Å². The van der Waals surface area contributed by atoms with E-state index in [0.717, 1.165) is 16.2 Å². The van der Waals surface area contributed by atoms with E-state index in [0.29, 0.717) is 16.4 Å². The molecule has 0 saturated carbocycles. The Labute approximate surface area is 213 Å². The highest BCUT2D eigenvalue weighted by Gasteiger charge is 2.22. The molecule has 188 valence electrons. The van der Waals surface area contributed by atoms with Crippen LogP contribution in [0.1, 0.15) is 29.2 Å². The molecule has 0 aliphatic carbocycles. The minimum atomic E-state index is -1.13. The van der Waals surface area contributed by atoms with Gasteiger partial charge in [-0.05, 0) is 49.6 Å². The first-order valence-electron chi connectivity index (χ1n) is 11.2. The summed E-state index contributed by atoms with van der Waals surface area (Å²) < 4.78 is 17.0. The van der Waals surface area contributed by atoms with Gasteiger partial charge in [0.1, 0.15) is 17.0 Å². The van der Waals surface area contributed by atoms with E-state index in [9.17, 15) is 19.1 Å². The van der Waals surface area contributed by atoms with E-state index < -0.39 is 22.9 Å². The van der Waals surface area contributed by atoms with E-state index >= 15 is 0 Å². The zero-order chi connectivity index (χ0) is 26.3. The topological polar surface area (TPSA) is 138 Å². The van der Waals surface area contributed by atoms with Crippen LogP contribution in [0.4, 0.5) is 21.7 Å². The van der Waals surface area contributed by atoms with E-state index in [2.05, 4.69) is 30.9 Å². The number of carbonyl (C=O) groups excluding carboxylic acids is 1. The van der Waals surface area contributed by atoms with Crippen LogP contribution in [0.2, 0.25) is 0 Å². The number of aromatic amines is 1. The quantitative estimate of drug-likeness (QED) is 0.264. The molecule has 0 unspecified atom stereocenters. The molecule has 37 heavy (non-hydrogen) atoms. The summed E-state index contributed by atoms with van der Waals surface area (Å²) in [4.78, 5) is 29.8. The molecule has 0 saturated heterocycles.